The summed E-state index contributed by atoms with van der Waals surface area (Å²) in [5.41, 5.74) is 0. The van der Waals surface area contributed by atoms with E-state index in [-0.39, 0.29) is 0 Å². The Hall–Kier alpha value is -0.770. The molecule has 20 heavy (non-hydrogen) atoms. The Labute approximate surface area is 125 Å². The minimum Gasteiger partial charge on any atom is -0.357 e. The van der Waals surface area contributed by atoms with Crippen LogP contribution in [0, 0.1) is 11.8 Å². The number of hydrogen-bond donors (Lipinski definition) is 2. The number of rotatable bonds is 7. The Bertz CT molecular complexity index is 268. The van der Waals surface area contributed by atoms with Gasteiger partial charge < -0.3 is 15.5 Å². The van der Waals surface area contributed by atoms with E-state index >= 15 is 0 Å². The molecule has 1 saturated heterocycles. The van der Waals surface area contributed by atoms with Crippen molar-refractivity contribution < 1.29 is 0 Å². The quantitative estimate of drug-likeness (QED) is 0.428. The molecule has 4 nitrogen and oxygen atoms in total. The average Bonchev–Trinajstić information content (AvgIpc) is 2.42. The van der Waals surface area contributed by atoms with Crippen LogP contribution in [-0.2, 0) is 0 Å². The van der Waals surface area contributed by atoms with E-state index in [9.17, 15) is 0 Å². The van der Waals surface area contributed by atoms with Crippen molar-refractivity contribution in [2.45, 2.75) is 47.0 Å². The predicted octanol–water partition coefficient (Wildman–Crippen LogP) is 2.32. The van der Waals surface area contributed by atoms with E-state index in [0.717, 1.165) is 31.5 Å². The van der Waals surface area contributed by atoms with Crippen LogP contribution >= 0.6 is 0 Å². The van der Waals surface area contributed by atoms with E-state index in [4.69, 9.17) is 0 Å². The van der Waals surface area contributed by atoms with Crippen LogP contribution in [0.4, 0.5) is 0 Å². The molecule has 1 aliphatic rings. The van der Waals surface area contributed by atoms with E-state index in [1.165, 1.54) is 38.9 Å². The van der Waals surface area contributed by atoms with E-state index in [0.29, 0.717) is 5.92 Å². The van der Waals surface area contributed by atoms with Crippen LogP contribution in [0.3, 0.4) is 0 Å². The number of likely N-dealkylation sites (tertiary alicyclic amines) is 1. The Balaban J connectivity index is 2.15. The topological polar surface area (TPSA) is 39.7 Å². The molecule has 0 radical (unpaired) electrons. The van der Waals surface area contributed by atoms with Gasteiger partial charge in [-0.3, -0.25) is 4.99 Å². The summed E-state index contributed by atoms with van der Waals surface area (Å²) in [5.74, 6) is 2.50. The number of hydrogen-bond acceptors (Lipinski definition) is 2. The zero-order valence-electron chi connectivity index (χ0n) is 13.9. The third-order valence-electron chi connectivity index (χ3n) is 3.78. The van der Waals surface area contributed by atoms with Gasteiger partial charge in [-0.2, -0.15) is 0 Å². The molecule has 4 heteroatoms. The van der Waals surface area contributed by atoms with Crippen molar-refractivity contribution in [2.24, 2.45) is 16.8 Å². The molecule has 1 rings (SSSR count). The van der Waals surface area contributed by atoms with Crippen molar-refractivity contribution in [1.29, 1.82) is 0 Å². The molecule has 0 atom stereocenters. The first-order valence-electron chi connectivity index (χ1n) is 8.36. The number of guanidine groups is 1. The summed E-state index contributed by atoms with van der Waals surface area (Å²) in [6.07, 6.45) is 3.93. The lowest BCUT2D eigenvalue weighted by Gasteiger charge is -2.30. The lowest BCUT2D eigenvalue weighted by molar-refractivity contribution is 0.191. The maximum absolute atomic E-state index is 4.59. The first-order chi connectivity index (χ1) is 9.61. The van der Waals surface area contributed by atoms with Gasteiger partial charge in [0.15, 0.2) is 5.96 Å². The Kier molecular flexibility index (Phi) is 8.67. The highest BCUT2D eigenvalue weighted by Crippen LogP contribution is 2.15. The van der Waals surface area contributed by atoms with Crippen LogP contribution in [0.1, 0.15) is 47.0 Å². The number of piperidine rings is 1. The second kappa shape index (κ2) is 10.0. The number of nitrogens with zero attached hydrogens (tertiary/aromatic N) is 2. The molecule has 0 unspecified atom stereocenters. The molecular weight excluding hydrogens is 248 g/mol. The van der Waals surface area contributed by atoms with Gasteiger partial charge in [0.05, 0.1) is 0 Å². The fourth-order valence-corrected chi connectivity index (χ4v) is 2.41. The smallest absolute Gasteiger partial charge is 0.191 e. The number of nitrogens with one attached hydrogen (secondary N) is 2. The molecule has 2 N–H and O–H groups in total. The molecule has 0 aromatic carbocycles. The summed E-state index contributed by atoms with van der Waals surface area (Å²) in [6.45, 7) is 15.5. The Morgan fingerprint density at radius 1 is 1.25 bits per heavy atom. The molecule has 0 saturated carbocycles. The lowest BCUT2D eigenvalue weighted by Crippen LogP contribution is -2.40. The summed E-state index contributed by atoms with van der Waals surface area (Å²) in [4.78, 5) is 7.19. The molecule has 118 valence electrons. The van der Waals surface area contributed by atoms with Gasteiger partial charge in [-0.25, -0.2) is 0 Å². The zero-order valence-corrected chi connectivity index (χ0v) is 13.9. The summed E-state index contributed by atoms with van der Waals surface area (Å²) < 4.78 is 0. The van der Waals surface area contributed by atoms with Crippen molar-refractivity contribution in [3.05, 3.63) is 0 Å². The fourth-order valence-electron chi connectivity index (χ4n) is 2.41. The third kappa shape index (κ3) is 7.73. The summed E-state index contributed by atoms with van der Waals surface area (Å²) in [5, 5.41) is 6.74. The van der Waals surface area contributed by atoms with E-state index in [1.807, 2.05) is 0 Å². The predicted molar refractivity (Wildman–Crippen MR) is 88.3 cm³/mol. The second-order valence-corrected chi connectivity index (χ2v) is 6.42. The van der Waals surface area contributed by atoms with Gasteiger partial charge in [0, 0.05) is 19.6 Å². The third-order valence-corrected chi connectivity index (χ3v) is 3.78. The monoisotopic (exact) mass is 282 g/mol. The van der Waals surface area contributed by atoms with Crippen LogP contribution in [0.5, 0.6) is 0 Å². The van der Waals surface area contributed by atoms with Crippen LogP contribution < -0.4 is 10.6 Å². The minimum absolute atomic E-state index is 0.612. The standard InChI is InChI=1S/C16H34N4/c1-5-17-16(19-13-14(2)3)18-9-6-10-20-11-7-15(4)8-12-20/h14-15H,5-13H2,1-4H3,(H2,17,18,19). The molecule has 0 spiro atoms. The molecule has 0 aliphatic carbocycles. The first-order valence-corrected chi connectivity index (χ1v) is 8.36. The van der Waals surface area contributed by atoms with Gasteiger partial charge in [0.2, 0.25) is 0 Å². The van der Waals surface area contributed by atoms with Gasteiger partial charge in [-0.1, -0.05) is 20.8 Å². The molecule has 1 heterocycles. The largest absolute Gasteiger partial charge is 0.357 e. The molecule has 0 aromatic rings. The van der Waals surface area contributed by atoms with Crippen molar-refractivity contribution in [3.8, 4) is 0 Å². The van der Waals surface area contributed by atoms with E-state index in [1.54, 1.807) is 0 Å². The van der Waals surface area contributed by atoms with E-state index < -0.39 is 0 Å². The highest BCUT2D eigenvalue weighted by Gasteiger charge is 2.14. The molecule has 0 amide bonds. The minimum atomic E-state index is 0.612. The second-order valence-electron chi connectivity index (χ2n) is 6.42. The van der Waals surface area contributed by atoms with Gasteiger partial charge in [0.25, 0.3) is 0 Å². The first kappa shape index (κ1) is 17.3. The average molecular weight is 282 g/mol. The summed E-state index contributed by atoms with van der Waals surface area (Å²) in [7, 11) is 0. The van der Waals surface area contributed by atoms with Crippen molar-refractivity contribution >= 4 is 5.96 Å². The van der Waals surface area contributed by atoms with Gasteiger partial charge in [0.1, 0.15) is 0 Å². The Morgan fingerprint density at radius 2 is 1.95 bits per heavy atom. The molecule has 0 bridgehead atoms. The van der Waals surface area contributed by atoms with Crippen LogP contribution in [0.25, 0.3) is 0 Å². The SMILES string of the molecule is CCNC(=NCC(C)C)NCCCN1CCC(C)CC1. The molecule has 0 aromatic heterocycles. The lowest BCUT2D eigenvalue weighted by atomic mass is 9.99. The Morgan fingerprint density at radius 3 is 2.55 bits per heavy atom. The van der Waals surface area contributed by atoms with Crippen molar-refractivity contribution in [2.75, 3.05) is 39.3 Å². The summed E-state index contributed by atoms with van der Waals surface area (Å²) in [6, 6.07) is 0. The van der Waals surface area contributed by atoms with Crippen LogP contribution in [0.2, 0.25) is 0 Å². The van der Waals surface area contributed by atoms with Crippen LogP contribution in [0.15, 0.2) is 4.99 Å². The fraction of sp³-hybridized carbons (Fsp3) is 0.938. The highest BCUT2D eigenvalue weighted by molar-refractivity contribution is 5.79. The van der Waals surface area contributed by atoms with E-state index in [2.05, 4.69) is 48.2 Å². The summed E-state index contributed by atoms with van der Waals surface area (Å²) >= 11 is 0. The maximum atomic E-state index is 4.59. The normalized spacial score (nSPS) is 18.6. The number of aliphatic imine (C=N–C) groups is 1. The highest BCUT2D eigenvalue weighted by atomic mass is 15.2. The maximum Gasteiger partial charge on any atom is 0.191 e. The van der Waals surface area contributed by atoms with Gasteiger partial charge in [-0.05, 0) is 57.7 Å². The zero-order chi connectivity index (χ0) is 14.8. The van der Waals surface area contributed by atoms with Gasteiger partial charge >= 0.3 is 0 Å². The van der Waals surface area contributed by atoms with Gasteiger partial charge in [-0.15, -0.1) is 0 Å². The molecule has 1 fully saturated rings. The molecule has 1 aliphatic heterocycles. The van der Waals surface area contributed by atoms with Crippen LogP contribution in [-0.4, -0.2) is 50.1 Å². The molecular formula is C16H34N4. The van der Waals surface area contributed by atoms with Crippen molar-refractivity contribution in [1.82, 2.24) is 15.5 Å². The van der Waals surface area contributed by atoms with Crippen molar-refractivity contribution in [3.63, 3.8) is 0 Å².